The standard InChI is InChI=1S/C10H18N2O5S/c1-3-7(4-2)6-18(16,17)11-10(13)8-5-9(8)12(14)15/h7-9H,3-6H2,1-2H3,(H,11,13). The topological polar surface area (TPSA) is 106 Å². The molecule has 104 valence electrons. The molecule has 0 aliphatic heterocycles. The highest BCUT2D eigenvalue weighted by Crippen LogP contribution is 2.33. The van der Waals surface area contributed by atoms with Gasteiger partial charge in [0.05, 0.1) is 5.75 Å². The molecule has 0 aromatic carbocycles. The van der Waals surface area contributed by atoms with E-state index in [-0.39, 0.29) is 18.1 Å². The first-order valence-corrected chi connectivity index (χ1v) is 7.63. The van der Waals surface area contributed by atoms with Crippen LogP contribution in [-0.4, -0.2) is 31.0 Å². The Morgan fingerprint density at radius 2 is 2.00 bits per heavy atom. The molecule has 2 unspecified atom stereocenters. The molecule has 0 aromatic heterocycles. The van der Waals surface area contributed by atoms with Gasteiger partial charge in [0.25, 0.3) is 0 Å². The normalized spacial score (nSPS) is 22.8. The van der Waals surface area contributed by atoms with Crippen LogP contribution >= 0.6 is 0 Å². The number of carbonyl (C=O) groups is 1. The average Bonchev–Trinajstić information content (AvgIpc) is 3.05. The van der Waals surface area contributed by atoms with Gasteiger partial charge in [-0.3, -0.25) is 19.6 Å². The third-order valence-electron chi connectivity index (χ3n) is 3.23. The highest BCUT2D eigenvalue weighted by molar-refractivity contribution is 7.90. The molecule has 1 aliphatic rings. The largest absolute Gasteiger partial charge is 0.273 e. The van der Waals surface area contributed by atoms with Crippen LogP contribution in [0, 0.1) is 22.0 Å². The third kappa shape index (κ3) is 3.94. The summed E-state index contributed by atoms with van der Waals surface area (Å²) >= 11 is 0. The SMILES string of the molecule is CCC(CC)CS(=O)(=O)NC(=O)C1CC1[N+](=O)[O-]. The van der Waals surface area contributed by atoms with E-state index in [1.165, 1.54) is 0 Å². The molecule has 0 radical (unpaired) electrons. The lowest BCUT2D eigenvalue weighted by molar-refractivity contribution is -0.497. The summed E-state index contributed by atoms with van der Waals surface area (Å²) in [4.78, 5) is 21.3. The smallest absolute Gasteiger partial charge is 0.243 e. The van der Waals surface area contributed by atoms with Crippen LogP contribution < -0.4 is 4.72 Å². The van der Waals surface area contributed by atoms with Crippen LogP contribution in [0.3, 0.4) is 0 Å². The summed E-state index contributed by atoms with van der Waals surface area (Å²) in [6, 6.07) is -0.923. The number of hydrogen-bond acceptors (Lipinski definition) is 5. The summed E-state index contributed by atoms with van der Waals surface area (Å²) < 4.78 is 25.3. The Morgan fingerprint density at radius 3 is 2.39 bits per heavy atom. The van der Waals surface area contributed by atoms with E-state index in [0.717, 1.165) is 0 Å². The van der Waals surface area contributed by atoms with Crippen LogP contribution in [-0.2, 0) is 14.8 Å². The van der Waals surface area contributed by atoms with Gasteiger partial charge in [0.15, 0.2) is 0 Å². The molecule has 1 fully saturated rings. The predicted molar refractivity (Wildman–Crippen MR) is 64.9 cm³/mol. The maximum absolute atomic E-state index is 11.7. The van der Waals surface area contributed by atoms with Crippen molar-refractivity contribution in [1.82, 2.24) is 4.72 Å². The van der Waals surface area contributed by atoms with E-state index < -0.39 is 32.8 Å². The van der Waals surface area contributed by atoms with Crippen LogP contribution in [0.1, 0.15) is 33.1 Å². The molecule has 2 atom stereocenters. The van der Waals surface area contributed by atoms with E-state index in [4.69, 9.17) is 0 Å². The van der Waals surface area contributed by atoms with Gasteiger partial charge in [-0.05, 0) is 5.92 Å². The Hall–Kier alpha value is -1.18. The second kappa shape index (κ2) is 5.64. The Balaban J connectivity index is 2.51. The van der Waals surface area contributed by atoms with E-state index in [1.807, 2.05) is 18.6 Å². The second-order valence-electron chi connectivity index (χ2n) is 4.63. The predicted octanol–water partition coefficient (Wildman–Crippen LogP) is 0.534. The fraction of sp³-hybridized carbons (Fsp3) is 0.900. The first-order valence-electron chi connectivity index (χ1n) is 5.98. The number of sulfonamides is 1. The van der Waals surface area contributed by atoms with Gasteiger partial charge >= 0.3 is 0 Å². The molecule has 7 nitrogen and oxygen atoms in total. The van der Waals surface area contributed by atoms with Gasteiger partial charge in [-0.1, -0.05) is 26.7 Å². The molecule has 1 amide bonds. The Labute approximate surface area is 106 Å². The molecular weight excluding hydrogens is 260 g/mol. The molecule has 18 heavy (non-hydrogen) atoms. The molecular formula is C10H18N2O5S. The van der Waals surface area contributed by atoms with Gasteiger partial charge in [0, 0.05) is 11.3 Å². The van der Waals surface area contributed by atoms with Crippen LogP contribution in [0.4, 0.5) is 0 Å². The summed E-state index contributed by atoms with van der Waals surface area (Å²) in [6.45, 7) is 3.77. The van der Waals surface area contributed by atoms with Crippen molar-refractivity contribution in [2.24, 2.45) is 11.8 Å². The molecule has 8 heteroatoms. The van der Waals surface area contributed by atoms with Crippen molar-refractivity contribution >= 4 is 15.9 Å². The van der Waals surface area contributed by atoms with E-state index in [2.05, 4.69) is 0 Å². The fourth-order valence-electron chi connectivity index (χ4n) is 1.80. The Bertz CT molecular complexity index is 430. The molecule has 1 aliphatic carbocycles. The minimum Gasteiger partial charge on any atom is -0.273 e. The quantitative estimate of drug-likeness (QED) is 0.540. The second-order valence-corrected chi connectivity index (χ2v) is 6.39. The van der Waals surface area contributed by atoms with E-state index in [1.54, 1.807) is 0 Å². The Kier molecular flexibility index (Phi) is 4.66. The van der Waals surface area contributed by atoms with Crippen molar-refractivity contribution in [3.05, 3.63) is 10.1 Å². The van der Waals surface area contributed by atoms with Gasteiger partial charge in [0.2, 0.25) is 22.0 Å². The highest BCUT2D eigenvalue weighted by atomic mass is 32.2. The van der Waals surface area contributed by atoms with Crippen LogP contribution in [0.25, 0.3) is 0 Å². The van der Waals surface area contributed by atoms with Gasteiger partial charge < -0.3 is 0 Å². The molecule has 0 spiro atoms. The van der Waals surface area contributed by atoms with Crippen molar-refractivity contribution < 1.29 is 18.1 Å². The Morgan fingerprint density at radius 1 is 1.44 bits per heavy atom. The summed E-state index contributed by atoms with van der Waals surface area (Å²) in [7, 11) is -3.68. The number of carbonyl (C=O) groups excluding carboxylic acids is 1. The zero-order valence-electron chi connectivity index (χ0n) is 10.5. The van der Waals surface area contributed by atoms with Gasteiger partial charge in [-0.2, -0.15) is 0 Å². The van der Waals surface area contributed by atoms with Gasteiger partial charge in [-0.15, -0.1) is 0 Å². The zero-order chi connectivity index (χ0) is 13.9. The van der Waals surface area contributed by atoms with Gasteiger partial charge in [0.1, 0.15) is 5.92 Å². The maximum atomic E-state index is 11.7. The lowest BCUT2D eigenvalue weighted by Gasteiger charge is -2.12. The average molecular weight is 278 g/mol. The maximum Gasteiger partial charge on any atom is 0.243 e. The zero-order valence-corrected chi connectivity index (χ0v) is 11.3. The van der Waals surface area contributed by atoms with E-state index in [0.29, 0.717) is 12.8 Å². The number of rotatable bonds is 7. The summed E-state index contributed by atoms with van der Waals surface area (Å²) in [5, 5.41) is 10.4. The summed E-state index contributed by atoms with van der Waals surface area (Å²) in [5.74, 6) is -1.65. The number of hydrogen-bond donors (Lipinski definition) is 1. The van der Waals surface area contributed by atoms with Crippen molar-refractivity contribution in [3.63, 3.8) is 0 Å². The first-order chi connectivity index (χ1) is 8.30. The minimum atomic E-state index is -3.68. The molecule has 1 N–H and O–H groups in total. The fourth-order valence-corrected chi connectivity index (χ4v) is 3.43. The summed E-state index contributed by atoms with van der Waals surface area (Å²) in [5.41, 5.74) is 0. The van der Waals surface area contributed by atoms with Crippen molar-refractivity contribution in [2.75, 3.05) is 5.75 Å². The van der Waals surface area contributed by atoms with Crippen LogP contribution in [0.2, 0.25) is 0 Å². The molecule has 0 aromatic rings. The van der Waals surface area contributed by atoms with E-state index >= 15 is 0 Å². The number of nitrogens with one attached hydrogen (secondary N) is 1. The van der Waals surface area contributed by atoms with E-state index in [9.17, 15) is 23.3 Å². The molecule has 0 heterocycles. The molecule has 0 bridgehead atoms. The highest BCUT2D eigenvalue weighted by Gasteiger charge is 2.54. The van der Waals surface area contributed by atoms with Crippen LogP contribution in [0.5, 0.6) is 0 Å². The van der Waals surface area contributed by atoms with Crippen molar-refractivity contribution in [3.8, 4) is 0 Å². The number of nitro groups is 1. The summed E-state index contributed by atoms with van der Waals surface area (Å²) in [6.07, 6.45) is 1.55. The third-order valence-corrected chi connectivity index (χ3v) is 4.65. The van der Waals surface area contributed by atoms with Gasteiger partial charge in [-0.25, -0.2) is 8.42 Å². The van der Waals surface area contributed by atoms with Crippen molar-refractivity contribution in [1.29, 1.82) is 0 Å². The lowest BCUT2D eigenvalue weighted by atomic mass is 10.1. The molecule has 1 rings (SSSR count). The van der Waals surface area contributed by atoms with Crippen LogP contribution in [0.15, 0.2) is 0 Å². The number of amides is 1. The molecule has 0 saturated heterocycles. The first kappa shape index (κ1) is 14.9. The van der Waals surface area contributed by atoms with Crippen molar-refractivity contribution in [2.45, 2.75) is 39.2 Å². The monoisotopic (exact) mass is 278 g/mol. The lowest BCUT2D eigenvalue weighted by Crippen LogP contribution is -2.36. The number of nitrogens with zero attached hydrogens (tertiary/aromatic N) is 1. The minimum absolute atomic E-state index is 0.000755. The molecule has 1 saturated carbocycles.